The molecule has 0 radical (unpaired) electrons. The molecule has 0 bridgehead atoms. The Bertz CT molecular complexity index is 1650. The van der Waals surface area contributed by atoms with Gasteiger partial charge in [-0.05, 0) is 40.8 Å². The lowest BCUT2D eigenvalue weighted by molar-refractivity contribution is 0.112. The molecule has 47 heavy (non-hydrogen) atoms. The number of hydrogen-bond donors (Lipinski definition) is 3. The zero-order valence-corrected chi connectivity index (χ0v) is 29.5. The van der Waals surface area contributed by atoms with Crippen LogP contribution in [-0.4, -0.2) is 58.8 Å². The van der Waals surface area contributed by atoms with Gasteiger partial charge < -0.3 is 20.4 Å². The Kier molecular flexibility index (Phi) is 14.6. The van der Waals surface area contributed by atoms with Crippen LogP contribution in [0.1, 0.15) is 70.0 Å². The quantitative estimate of drug-likeness (QED) is 0.155. The first-order chi connectivity index (χ1) is 22.8. The molecule has 1 aliphatic rings. The SMILES string of the molecule is CC.CC.CC(C)(C)c1ccc(C=O)cc1.CNc1cccc(-c2cn3ccnc3c(Nc3cccc(CN4CCNCC4)c3)n2)c1. The number of aldehydes is 1. The number of benzene rings is 3. The average Bonchev–Trinajstić information content (AvgIpc) is 3.60. The summed E-state index contributed by atoms with van der Waals surface area (Å²) in [4.78, 5) is 22.3. The Morgan fingerprint density at radius 2 is 1.57 bits per heavy atom. The molecule has 2 aromatic heterocycles. The van der Waals surface area contributed by atoms with Gasteiger partial charge in [-0.3, -0.25) is 9.69 Å². The molecule has 1 fully saturated rings. The van der Waals surface area contributed by atoms with E-state index in [4.69, 9.17) is 4.98 Å². The van der Waals surface area contributed by atoms with Gasteiger partial charge in [0.15, 0.2) is 11.5 Å². The maximum Gasteiger partial charge on any atom is 0.180 e. The van der Waals surface area contributed by atoms with E-state index in [2.05, 4.69) is 83.0 Å². The van der Waals surface area contributed by atoms with Crippen molar-refractivity contribution in [1.82, 2.24) is 24.6 Å². The Morgan fingerprint density at radius 3 is 2.23 bits per heavy atom. The number of nitrogens with one attached hydrogen (secondary N) is 3. The molecule has 1 saturated heterocycles. The first-order valence-corrected chi connectivity index (χ1v) is 16.8. The molecular formula is C39H53N7O. The van der Waals surface area contributed by atoms with Crippen LogP contribution in [-0.2, 0) is 12.0 Å². The van der Waals surface area contributed by atoms with Crippen LogP contribution in [0.15, 0.2) is 91.4 Å². The summed E-state index contributed by atoms with van der Waals surface area (Å²) < 4.78 is 2.02. The summed E-state index contributed by atoms with van der Waals surface area (Å²) in [6.07, 6.45) is 6.64. The largest absolute Gasteiger partial charge is 0.388 e. The molecule has 0 unspecified atom stereocenters. The van der Waals surface area contributed by atoms with Crippen LogP contribution in [0.2, 0.25) is 0 Å². The molecule has 0 saturated carbocycles. The van der Waals surface area contributed by atoms with Gasteiger partial charge in [0.1, 0.15) is 6.29 Å². The standard InChI is InChI=1S/C24H27N7.C11H14O.2C2H6/c1-25-20-6-3-5-19(15-20)22-17-31-13-10-27-24(31)23(29-22)28-21-7-2-4-18(14-21)16-30-11-8-26-9-12-30;1-11(2,3)10-6-4-9(8-12)5-7-10;2*1-2/h2-7,10,13-15,17,25-26H,8-9,11-12,16H2,1H3,(H,28,29);4-8H,1-3H3;2*1-2H3. The van der Waals surface area contributed by atoms with Crippen LogP contribution < -0.4 is 16.0 Å². The van der Waals surface area contributed by atoms with Crippen molar-refractivity contribution >= 4 is 29.1 Å². The summed E-state index contributed by atoms with van der Waals surface area (Å²) in [5.41, 5.74) is 8.29. The fourth-order valence-corrected chi connectivity index (χ4v) is 5.06. The number of anilines is 3. The lowest BCUT2D eigenvalue weighted by Crippen LogP contribution is -2.42. The predicted octanol–water partition coefficient (Wildman–Crippen LogP) is 8.44. The van der Waals surface area contributed by atoms with E-state index in [1.54, 1.807) is 6.20 Å². The summed E-state index contributed by atoms with van der Waals surface area (Å²) in [5.74, 6) is 0.747. The van der Waals surface area contributed by atoms with E-state index in [9.17, 15) is 4.79 Å². The number of carbonyl (C=O) groups is 1. The van der Waals surface area contributed by atoms with Crippen molar-refractivity contribution in [2.45, 2.75) is 60.4 Å². The molecule has 0 atom stereocenters. The van der Waals surface area contributed by atoms with Crippen molar-refractivity contribution in [1.29, 1.82) is 0 Å². The second-order valence-electron chi connectivity index (χ2n) is 11.8. The van der Waals surface area contributed by atoms with Crippen LogP contribution in [0, 0.1) is 0 Å². The number of imidazole rings is 1. The van der Waals surface area contributed by atoms with Crippen molar-refractivity contribution in [3.8, 4) is 11.3 Å². The van der Waals surface area contributed by atoms with Gasteiger partial charge in [-0.2, -0.15) is 0 Å². The normalized spacial score (nSPS) is 12.8. The molecular weight excluding hydrogens is 582 g/mol. The number of aromatic nitrogens is 3. The van der Waals surface area contributed by atoms with E-state index in [1.165, 1.54) is 11.1 Å². The number of piperazine rings is 1. The van der Waals surface area contributed by atoms with E-state index in [0.717, 1.165) is 78.7 Å². The monoisotopic (exact) mass is 635 g/mol. The van der Waals surface area contributed by atoms with E-state index >= 15 is 0 Å². The molecule has 6 rings (SSSR count). The Labute approximate surface area is 281 Å². The summed E-state index contributed by atoms with van der Waals surface area (Å²) in [6, 6.07) is 24.5. The molecule has 3 N–H and O–H groups in total. The molecule has 0 spiro atoms. The lowest BCUT2D eigenvalue weighted by atomic mass is 9.87. The highest BCUT2D eigenvalue weighted by molar-refractivity contribution is 5.75. The molecule has 8 heteroatoms. The minimum atomic E-state index is 0.168. The third kappa shape index (κ3) is 10.8. The lowest BCUT2D eigenvalue weighted by Gasteiger charge is -2.27. The summed E-state index contributed by atoms with van der Waals surface area (Å²) in [7, 11) is 1.92. The smallest absolute Gasteiger partial charge is 0.180 e. The molecule has 0 aliphatic carbocycles. The van der Waals surface area contributed by atoms with Crippen molar-refractivity contribution in [2.24, 2.45) is 0 Å². The van der Waals surface area contributed by atoms with Crippen molar-refractivity contribution in [3.05, 3.63) is 108 Å². The third-order valence-electron chi connectivity index (χ3n) is 7.54. The second-order valence-corrected chi connectivity index (χ2v) is 11.8. The highest BCUT2D eigenvalue weighted by atomic mass is 16.1. The van der Waals surface area contributed by atoms with Crippen molar-refractivity contribution in [2.75, 3.05) is 43.9 Å². The minimum absolute atomic E-state index is 0.168. The van der Waals surface area contributed by atoms with Crippen LogP contribution in [0.4, 0.5) is 17.2 Å². The van der Waals surface area contributed by atoms with E-state index in [-0.39, 0.29) is 5.41 Å². The van der Waals surface area contributed by atoms with Gasteiger partial charge in [-0.15, -0.1) is 0 Å². The van der Waals surface area contributed by atoms with Crippen molar-refractivity contribution < 1.29 is 4.79 Å². The van der Waals surface area contributed by atoms with Gasteiger partial charge in [0.2, 0.25) is 0 Å². The van der Waals surface area contributed by atoms with Gasteiger partial charge in [0.05, 0.1) is 5.69 Å². The Morgan fingerprint density at radius 1 is 0.894 bits per heavy atom. The maximum atomic E-state index is 10.4. The van der Waals surface area contributed by atoms with E-state index < -0.39 is 0 Å². The Hall–Kier alpha value is -4.53. The molecule has 8 nitrogen and oxygen atoms in total. The van der Waals surface area contributed by atoms with Crippen LogP contribution in [0.3, 0.4) is 0 Å². The van der Waals surface area contributed by atoms with Gasteiger partial charge >= 0.3 is 0 Å². The highest BCUT2D eigenvalue weighted by Gasteiger charge is 2.14. The zero-order valence-electron chi connectivity index (χ0n) is 29.5. The number of carbonyl (C=O) groups excluding carboxylic acids is 1. The number of fused-ring (bicyclic) bond motifs is 1. The third-order valence-corrected chi connectivity index (χ3v) is 7.54. The van der Waals surface area contributed by atoms with Crippen molar-refractivity contribution in [3.63, 3.8) is 0 Å². The molecule has 0 amide bonds. The highest BCUT2D eigenvalue weighted by Crippen LogP contribution is 2.27. The topological polar surface area (TPSA) is 86.6 Å². The predicted molar refractivity (Wildman–Crippen MR) is 199 cm³/mol. The first kappa shape index (κ1) is 36.9. The average molecular weight is 636 g/mol. The van der Waals surface area contributed by atoms with Gasteiger partial charge in [-0.25, -0.2) is 9.97 Å². The maximum absolute atomic E-state index is 10.4. The van der Waals surface area contributed by atoms with Crippen LogP contribution in [0.5, 0.6) is 0 Å². The number of rotatable bonds is 7. The van der Waals surface area contributed by atoms with E-state index in [1.807, 2.05) is 87.9 Å². The number of hydrogen-bond acceptors (Lipinski definition) is 7. The van der Waals surface area contributed by atoms with Gasteiger partial charge in [0, 0.05) is 80.9 Å². The number of nitrogens with zero attached hydrogens (tertiary/aromatic N) is 4. The zero-order chi connectivity index (χ0) is 34.2. The van der Waals surface area contributed by atoms with Crippen LogP contribution >= 0.6 is 0 Å². The Balaban J connectivity index is 0.000000315. The summed E-state index contributed by atoms with van der Waals surface area (Å²) in [6.45, 7) is 19.7. The fraction of sp³-hybridized carbons (Fsp3) is 0.359. The summed E-state index contributed by atoms with van der Waals surface area (Å²) >= 11 is 0. The van der Waals surface area contributed by atoms with Gasteiger partial charge in [-0.1, -0.05) is 97.0 Å². The molecule has 1 aliphatic heterocycles. The summed E-state index contributed by atoms with van der Waals surface area (Å²) in [5, 5.41) is 10.1. The van der Waals surface area contributed by atoms with Gasteiger partial charge in [0.25, 0.3) is 0 Å². The molecule has 3 aromatic carbocycles. The first-order valence-electron chi connectivity index (χ1n) is 16.8. The molecule has 5 aromatic rings. The second kappa shape index (κ2) is 18.6. The van der Waals surface area contributed by atoms with Crippen LogP contribution in [0.25, 0.3) is 16.9 Å². The molecule has 250 valence electrons. The molecule has 3 heterocycles. The fourth-order valence-electron chi connectivity index (χ4n) is 5.06. The minimum Gasteiger partial charge on any atom is -0.388 e. The van der Waals surface area contributed by atoms with E-state index in [0.29, 0.717) is 0 Å².